The molecule has 0 amide bonds. The van der Waals surface area contributed by atoms with Crippen molar-refractivity contribution in [2.75, 3.05) is 0 Å². The fourth-order valence-electron chi connectivity index (χ4n) is 3.63. The monoisotopic (exact) mass is 496 g/mol. The number of nitriles is 1. The van der Waals surface area contributed by atoms with E-state index in [9.17, 15) is 4.79 Å². The highest BCUT2D eigenvalue weighted by Crippen LogP contribution is 2.25. The van der Waals surface area contributed by atoms with Crippen molar-refractivity contribution in [3.05, 3.63) is 109 Å². The van der Waals surface area contributed by atoms with Crippen LogP contribution >= 0.6 is 22.7 Å². The van der Waals surface area contributed by atoms with Crippen LogP contribution in [0.3, 0.4) is 0 Å². The fraction of sp³-hybridized carbons (Fsp3) is 0.0769. The fourth-order valence-corrected chi connectivity index (χ4v) is 5.26. The standard InChI is InChI=1S/C26H20N6OS2/c1-18-24(25(33)32(30(18)2)21-7-4-3-5-8-21)29-26-31(22(17-35-26)23-9-6-14-34-23)28-16-20-12-10-19(15-27)11-13-20/h3-14,16-17H,1-2H3. The van der Waals surface area contributed by atoms with E-state index in [1.165, 1.54) is 11.3 Å². The van der Waals surface area contributed by atoms with Gasteiger partial charge in [0.25, 0.3) is 5.56 Å². The summed E-state index contributed by atoms with van der Waals surface area (Å²) in [5, 5.41) is 17.8. The number of aromatic nitrogens is 3. The first-order valence-electron chi connectivity index (χ1n) is 10.7. The van der Waals surface area contributed by atoms with Gasteiger partial charge in [-0.05, 0) is 48.2 Å². The van der Waals surface area contributed by atoms with Crippen LogP contribution in [-0.2, 0) is 7.05 Å². The Morgan fingerprint density at radius 3 is 2.46 bits per heavy atom. The number of nitrogens with zero attached hydrogens (tertiary/aromatic N) is 6. The zero-order chi connectivity index (χ0) is 24.4. The van der Waals surface area contributed by atoms with Crippen LogP contribution in [-0.4, -0.2) is 20.3 Å². The van der Waals surface area contributed by atoms with Gasteiger partial charge in [0, 0.05) is 12.4 Å². The summed E-state index contributed by atoms with van der Waals surface area (Å²) in [7, 11) is 1.85. The van der Waals surface area contributed by atoms with E-state index >= 15 is 0 Å². The molecule has 2 aromatic carbocycles. The van der Waals surface area contributed by atoms with E-state index in [-0.39, 0.29) is 5.56 Å². The quantitative estimate of drug-likeness (QED) is 0.319. The van der Waals surface area contributed by atoms with E-state index in [2.05, 4.69) is 6.07 Å². The lowest BCUT2D eigenvalue weighted by Gasteiger charge is -2.07. The zero-order valence-electron chi connectivity index (χ0n) is 19.0. The van der Waals surface area contributed by atoms with E-state index in [1.54, 1.807) is 39.0 Å². The Kier molecular flexibility index (Phi) is 6.14. The molecule has 0 aliphatic heterocycles. The topological polar surface area (TPSA) is 80.4 Å². The van der Waals surface area contributed by atoms with Crippen LogP contribution in [0.5, 0.6) is 0 Å². The third-order valence-electron chi connectivity index (χ3n) is 5.55. The number of para-hydroxylation sites is 1. The Morgan fingerprint density at radius 1 is 1.00 bits per heavy atom. The van der Waals surface area contributed by atoms with Crippen molar-refractivity contribution >= 4 is 34.6 Å². The maximum absolute atomic E-state index is 13.4. The molecular weight excluding hydrogens is 476 g/mol. The van der Waals surface area contributed by atoms with E-state index in [0.717, 1.165) is 27.5 Å². The Hall–Kier alpha value is -4.26. The predicted octanol–water partition coefficient (Wildman–Crippen LogP) is 5.06. The van der Waals surface area contributed by atoms with E-state index < -0.39 is 0 Å². The molecule has 0 unspecified atom stereocenters. The van der Waals surface area contributed by atoms with Gasteiger partial charge in [0.05, 0.1) is 39.8 Å². The first-order chi connectivity index (χ1) is 17.1. The number of thiazole rings is 1. The van der Waals surface area contributed by atoms with Crippen molar-refractivity contribution in [1.82, 2.24) is 14.0 Å². The number of rotatable bonds is 5. The van der Waals surface area contributed by atoms with Crippen LogP contribution in [0.15, 0.2) is 92.4 Å². The molecule has 172 valence electrons. The first kappa shape index (κ1) is 22.5. The molecule has 7 nitrogen and oxygen atoms in total. The lowest BCUT2D eigenvalue weighted by atomic mass is 10.2. The molecule has 5 rings (SSSR count). The van der Waals surface area contributed by atoms with E-state index in [0.29, 0.717) is 16.1 Å². The molecule has 35 heavy (non-hydrogen) atoms. The van der Waals surface area contributed by atoms with Gasteiger partial charge in [0.2, 0.25) is 4.80 Å². The molecule has 0 bridgehead atoms. The molecular formula is C26H20N6OS2. The first-order valence-corrected chi connectivity index (χ1v) is 12.5. The van der Waals surface area contributed by atoms with Crippen LogP contribution in [0.25, 0.3) is 16.3 Å². The van der Waals surface area contributed by atoms with Crippen molar-refractivity contribution in [2.24, 2.45) is 17.1 Å². The average molecular weight is 497 g/mol. The number of hydrogen-bond acceptors (Lipinski definition) is 6. The number of thiophene rings is 1. The van der Waals surface area contributed by atoms with Gasteiger partial charge in [-0.3, -0.25) is 9.48 Å². The number of benzene rings is 2. The van der Waals surface area contributed by atoms with Gasteiger partial charge in [-0.2, -0.15) is 10.4 Å². The normalized spacial score (nSPS) is 11.9. The molecule has 5 aromatic rings. The lowest BCUT2D eigenvalue weighted by Crippen LogP contribution is -2.19. The van der Waals surface area contributed by atoms with Crippen molar-refractivity contribution in [3.63, 3.8) is 0 Å². The lowest BCUT2D eigenvalue weighted by molar-refractivity contribution is 0.630. The second kappa shape index (κ2) is 9.54. The molecule has 3 aromatic heterocycles. The van der Waals surface area contributed by atoms with Crippen molar-refractivity contribution < 1.29 is 0 Å². The Morgan fingerprint density at radius 2 is 1.77 bits per heavy atom. The summed E-state index contributed by atoms with van der Waals surface area (Å²) in [5.41, 5.74) is 4.06. The van der Waals surface area contributed by atoms with Gasteiger partial charge in [-0.1, -0.05) is 36.4 Å². The largest absolute Gasteiger partial charge is 0.297 e. The van der Waals surface area contributed by atoms with Crippen LogP contribution in [0, 0.1) is 18.3 Å². The summed E-state index contributed by atoms with van der Waals surface area (Å²) in [5.74, 6) is 0. The third-order valence-corrected chi connectivity index (χ3v) is 7.26. The minimum absolute atomic E-state index is 0.190. The third kappa shape index (κ3) is 4.33. The van der Waals surface area contributed by atoms with E-state index in [4.69, 9.17) is 15.4 Å². The summed E-state index contributed by atoms with van der Waals surface area (Å²) in [6.07, 6.45) is 1.73. The maximum Gasteiger partial charge on any atom is 0.297 e. The van der Waals surface area contributed by atoms with Crippen LogP contribution in [0.4, 0.5) is 5.69 Å². The molecule has 0 N–H and O–H groups in total. The Balaban J connectivity index is 1.66. The van der Waals surface area contributed by atoms with Gasteiger partial charge in [0.15, 0.2) is 5.69 Å². The molecule has 0 radical (unpaired) electrons. The summed E-state index contributed by atoms with van der Waals surface area (Å²) >= 11 is 3.04. The average Bonchev–Trinajstić information content (AvgIpc) is 3.60. The molecule has 0 saturated heterocycles. The Bertz CT molecular complexity index is 1680. The second-order valence-corrected chi connectivity index (χ2v) is 9.48. The molecule has 0 spiro atoms. The van der Waals surface area contributed by atoms with Crippen molar-refractivity contribution in [1.29, 1.82) is 5.26 Å². The van der Waals surface area contributed by atoms with Gasteiger partial charge < -0.3 is 0 Å². The van der Waals surface area contributed by atoms with Gasteiger partial charge in [-0.25, -0.2) is 14.4 Å². The Labute approximate surface area is 209 Å². The highest BCUT2D eigenvalue weighted by atomic mass is 32.1. The highest BCUT2D eigenvalue weighted by Gasteiger charge is 2.17. The van der Waals surface area contributed by atoms with Crippen LogP contribution < -0.4 is 10.4 Å². The second-order valence-electron chi connectivity index (χ2n) is 7.69. The summed E-state index contributed by atoms with van der Waals surface area (Å²) in [4.78, 5) is 19.8. The van der Waals surface area contributed by atoms with E-state index in [1.807, 2.05) is 84.0 Å². The van der Waals surface area contributed by atoms with Crippen molar-refractivity contribution in [3.8, 4) is 22.3 Å². The maximum atomic E-state index is 13.4. The molecule has 0 aliphatic carbocycles. The summed E-state index contributed by atoms with van der Waals surface area (Å²) in [6.45, 7) is 1.89. The highest BCUT2D eigenvalue weighted by molar-refractivity contribution is 7.14. The smallest absolute Gasteiger partial charge is 0.283 e. The molecule has 9 heteroatoms. The molecule has 0 fully saturated rings. The molecule has 3 heterocycles. The summed E-state index contributed by atoms with van der Waals surface area (Å²) < 4.78 is 5.19. The minimum atomic E-state index is -0.190. The predicted molar refractivity (Wildman–Crippen MR) is 141 cm³/mol. The minimum Gasteiger partial charge on any atom is -0.283 e. The molecule has 0 saturated carbocycles. The van der Waals surface area contributed by atoms with Crippen molar-refractivity contribution in [2.45, 2.75) is 6.92 Å². The van der Waals surface area contributed by atoms with Crippen LogP contribution in [0.1, 0.15) is 16.8 Å². The molecule has 0 aliphatic rings. The summed E-state index contributed by atoms with van der Waals surface area (Å²) in [6, 6.07) is 22.8. The van der Waals surface area contributed by atoms with Gasteiger partial charge >= 0.3 is 0 Å². The van der Waals surface area contributed by atoms with Gasteiger partial charge in [0.1, 0.15) is 0 Å². The zero-order valence-corrected chi connectivity index (χ0v) is 20.6. The number of hydrogen-bond donors (Lipinski definition) is 0. The van der Waals surface area contributed by atoms with Gasteiger partial charge in [-0.15, -0.1) is 22.7 Å². The molecule has 0 atom stereocenters. The SMILES string of the molecule is Cc1c(N=c2scc(-c3cccs3)n2N=Cc2ccc(C#N)cc2)c(=O)n(-c2ccccc2)n1C. The van der Waals surface area contributed by atoms with Crippen LogP contribution in [0.2, 0.25) is 0 Å².